The molecular formula is C20H25ClN4O3S3. The number of nitrogens with one attached hydrogen (secondary N) is 1. The Kier molecular flexibility index (Phi) is 7.56. The number of alkyl halides is 1. The van der Waals surface area contributed by atoms with E-state index >= 15 is 0 Å². The van der Waals surface area contributed by atoms with E-state index in [4.69, 9.17) is 11.6 Å². The molecule has 0 spiro atoms. The molecule has 0 aliphatic heterocycles. The van der Waals surface area contributed by atoms with E-state index in [0.717, 1.165) is 23.4 Å². The number of amides is 1. The number of aryl methyl sites for hydroxylation is 2. The Bertz CT molecular complexity index is 1120. The van der Waals surface area contributed by atoms with Gasteiger partial charge in [-0.1, -0.05) is 30.7 Å². The fourth-order valence-electron chi connectivity index (χ4n) is 3.17. The Morgan fingerprint density at radius 3 is 2.68 bits per heavy atom. The predicted molar refractivity (Wildman–Crippen MR) is 128 cm³/mol. The molecule has 2 aromatic heterocycles. The number of nitrogens with zero attached hydrogens (tertiary/aromatic N) is 3. The second-order valence-corrected chi connectivity index (χ2v) is 12.0. The van der Waals surface area contributed by atoms with Crippen molar-refractivity contribution in [2.75, 3.05) is 17.7 Å². The van der Waals surface area contributed by atoms with Gasteiger partial charge in [0.2, 0.25) is 10.0 Å². The molecule has 0 saturated carbocycles. The molecule has 1 amide bonds. The summed E-state index contributed by atoms with van der Waals surface area (Å²) in [5.41, 5.74) is 2.26. The number of halogens is 1. The summed E-state index contributed by atoms with van der Waals surface area (Å²) in [5, 5.41) is 3.67. The SMILES string of the molecule is Cc1nc(CN(CCC2=CC(C)C(Cl)C=C2)c2nc(C(=O)NS(C)(=O)=O)c(C)s2)cs1. The molecule has 31 heavy (non-hydrogen) atoms. The second kappa shape index (κ2) is 9.81. The van der Waals surface area contributed by atoms with Crippen LogP contribution in [0.1, 0.15) is 39.4 Å². The van der Waals surface area contributed by atoms with E-state index in [2.05, 4.69) is 33.9 Å². The number of carbonyl (C=O) groups excluding carboxylic acids is 1. The molecule has 3 rings (SSSR count). The van der Waals surface area contributed by atoms with E-state index in [-0.39, 0.29) is 17.0 Å². The first-order valence-corrected chi connectivity index (χ1v) is 13.7. The van der Waals surface area contributed by atoms with Gasteiger partial charge in [-0.05, 0) is 26.2 Å². The first-order valence-electron chi connectivity index (χ1n) is 9.70. The predicted octanol–water partition coefficient (Wildman–Crippen LogP) is 4.04. The highest BCUT2D eigenvalue weighted by Gasteiger charge is 2.22. The lowest BCUT2D eigenvalue weighted by atomic mass is 9.96. The fourth-order valence-corrected chi connectivity index (χ4v) is 5.28. The number of aromatic nitrogens is 2. The van der Waals surface area contributed by atoms with E-state index < -0.39 is 15.9 Å². The Morgan fingerprint density at radius 2 is 2.06 bits per heavy atom. The second-order valence-electron chi connectivity index (χ2n) is 7.54. The molecule has 2 heterocycles. The van der Waals surface area contributed by atoms with Crippen LogP contribution < -0.4 is 9.62 Å². The highest BCUT2D eigenvalue weighted by molar-refractivity contribution is 7.89. The van der Waals surface area contributed by atoms with Crippen molar-refractivity contribution >= 4 is 55.3 Å². The molecule has 0 fully saturated rings. The van der Waals surface area contributed by atoms with Gasteiger partial charge in [-0.2, -0.15) is 0 Å². The summed E-state index contributed by atoms with van der Waals surface area (Å²) in [5.74, 6) is -0.448. The van der Waals surface area contributed by atoms with Gasteiger partial charge in [-0.3, -0.25) is 4.79 Å². The average molecular weight is 501 g/mol. The van der Waals surface area contributed by atoms with Gasteiger partial charge >= 0.3 is 0 Å². The number of hydrogen-bond donors (Lipinski definition) is 1. The van der Waals surface area contributed by atoms with Crippen molar-refractivity contribution in [1.29, 1.82) is 0 Å². The summed E-state index contributed by atoms with van der Waals surface area (Å²) >= 11 is 9.21. The van der Waals surface area contributed by atoms with Crippen LogP contribution in [0.5, 0.6) is 0 Å². The maximum atomic E-state index is 12.3. The van der Waals surface area contributed by atoms with Crippen molar-refractivity contribution in [3.63, 3.8) is 0 Å². The Hall–Kier alpha value is -1.75. The highest BCUT2D eigenvalue weighted by Crippen LogP contribution is 2.29. The number of allylic oxidation sites excluding steroid dienone is 3. The lowest BCUT2D eigenvalue weighted by Gasteiger charge is -2.23. The van der Waals surface area contributed by atoms with E-state index in [1.165, 1.54) is 16.9 Å². The molecular weight excluding hydrogens is 476 g/mol. The van der Waals surface area contributed by atoms with Crippen molar-refractivity contribution in [2.24, 2.45) is 5.92 Å². The highest BCUT2D eigenvalue weighted by atomic mass is 35.5. The molecule has 0 saturated heterocycles. The minimum Gasteiger partial charge on any atom is -0.342 e. The normalized spacial score (nSPS) is 18.7. The van der Waals surface area contributed by atoms with Crippen LogP contribution in [0.25, 0.3) is 0 Å². The van der Waals surface area contributed by atoms with Crippen molar-refractivity contribution in [3.8, 4) is 0 Å². The van der Waals surface area contributed by atoms with E-state index in [1.54, 1.807) is 18.3 Å². The zero-order valence-corrected chi connectivity index (χ0v) is 21.0. The van der Waals surface area contributed by atoms with Crippen LogP contribution in [-0.4, -0.2) is 42.5 Å². The summed E-state index contributed by atoms with van der Waals surface area (Å²) in [6, 6.07) is 0. The first-order chi connectivity index (χ1) is 14.5. The van der Waals surface area contributed by atoms with Gasteiger partial charge in [-0.25, -0.2) is 23.1 Å². The molecule has 7 nitrogen and oxygen atoms in total. The number of anilines is 1. The van der Waals surface area contributed by atoms with Gasteiger partial charge in [-0.15, -0.1) is 34.3 Å². The third-order valence-electron chi connectivity index (χ3n) is 4.71. The van der Waals surface area contributed by atoms with Crippen LogP contribution >= 0.6 is 34.3 Å². The zero-order valence-electron chi connectivity index (χ0n) is 17.8. The first kappa shape index (κ1) is 23.9. The molecule has 1 aliphatic carbocycles. The summed E-state index contributed by atoms with van der Waals surface area (Å²) in [4.78, 5) is 24.1. The lowest BCUT2D eigenvalue weighted by Crippen LogP contribution is -2.30. The molecule has 1 N–H and O–H groups in total. The van der Waals surface area contributed by atoms with Gasteiger partial charge < -0.3 is 4.90 Å². The van der Waals surface area contributed by atoms with Crippen LogP contribution in [0, 0.1) is 19.8 Å². The van der Waals surface area contributed by atoms with Crippen LogP contribution in [-0.2, 0) is 16.6 Å². The summed E-state index contributed by atoms with van der Waals surface area (Å²) in [6.07, 6.45) is 7.98. The molecule has 2 unspecified atom stereocenters. The van der Waals surface area contributed by atoms with Crippen LogP contribution in [0.2, 0.25) is 0 Å². The van der Waals surface area contributed by atoms with Gasteiger partial charge in [0, 0.05) is 16.8 Å². The molecule has 0 bridgehead atoms. The molecule has 0 aromatic carbocycles. The standard InChI is InChI=1S/C20H25ClN4O3S3/c1-12-9-15(5-6-17(12)21)7-8-25(10-16-11-29-14(3)22-16)20-23-18(13(2)30-20)19(26)24-31(4,27)28/h5-6,9,11-12,17H,7-8,10H2,1-4H3,(H,24,26). The Morgan fingerprint density at radius 1 is 1.32 bits per heavy atom. The molecule has 2 aromatic rings. The van der Waals surface area contributed by atoms with Crippen molar-refractivity contribution < 1.29 is 13.2 Å². The molecule has 1 aliphatic rings. The molecule has 11 heteroatoms. The third-order valence-corrected chi connectivity index (χ3v) is 7.67. The molecule has 0 radical (unpaired) electrons. The average Bonchev–Trinajstić information content (AvgIpc) is 3.25. The van der Waals surface area contributed by atoms with Gasteiger partial charge in [0.1, 0.15) is 5.69 Å². The number of sulfonamides is 1. The summed E-state index contributed by atoms with van der Waals surface area (Å²) < 4.78 is 24.9. The maximum Gasteiger partial charge on any atom is 0.284 e. The van der Waals surface area contributed by atoms with Gasteiger partial charge in [0.15, 0.2) is 5.13 Å². The maximum absolute atomic E-state index is 12.3. The largest absolute Gasteiger partial charge is 0.342 e. The van der Waals surface area contributed by atoms with Gasteiger partial charge in [0.05, 0.1) is 28.9 Å². The zero-order chi connectivity index (χ0) is 22.8. The quantitative estimate of drug-likeness (QED) is 0.550. The van der Waals surface area contributed by atoms with Crippen LogP contribution in [0.3, 0.4) is 0 Å². The third kappa shape index (κ3) is 6.61. The Labute approximate surface area is 195 Å². The summed E-state index contributed by atoms with van der Waals surface area (Å²) in [7, 11) is -3.66. The minimum absolute atomic E-state index is 0.00959. The van der Waals surface area contributed by atoms with Crippen LogP contribution in [0.15, 0.2) is 29.2 Å². The van der Waals surface area contributed by atoms with E-state index in [1.807, 2.05) is 23.1 Å². The van der Waals surface area contributed by atoms with Crippen molar-refractivity contribution in [3.05, 3.63) is 50.5 Å². The number of rotatable bonds is 8. The minimum atomic E-state index is -3.66. The molecule has 2 atom stereocenters. The van der Waals surface area contributed by atoms with Crippen molar-refractivity contribution in [1.82, 2.24) is 14.7 Å². The number of carbonyl (C=O) groups is 1. The fraction of sp³-hybridized carbons (Fsp3) is 0.450. The van der Waals surface area contributed by atoms with Crippen molar-refractivity contribution in [2.45, 2.75) is 39.1 Å². The van der Waals surface area contributed by atoms with Gasteiger partial charge in [0.25, 0.3) is 5.91 Å². The topological polar surface area (TPSA) is 92.3 Å². The van der Waals surface area contributed by atoms with Crippen LogP contribution in [0.4, 0.5) is 5.13 Å². The van der Waals surface area contributed by atoms with E-state index in [9.17, 15) is 13.2 Å². The smallest absolute Gasteiger partial charge is 0.284 e. The molecule has 168 valence electrons. The number of hydrogen-bond acceptors (Lipinski definition) is 8. The monoisotopic (exact) mass is 500 g/mol. The number of thiazole rings is 2. The lowest BCUT2D eigenvalue weighted by molar-refractivity contribution is 0.0977. The summed E-state index contributed by atoms with van der Waals surface area (Å²) in [6.45, 7) is 7.04. The Balaban J connectivity index is 1.82. The van der Waals surface area contributed by atoms with E-state index in [0.29, 0.717) is 23.1 Å².